The van der Waals surface area contributed by atoms with Crippen LogP contribution in [-0.4, -0.2) is 33.4 Å². The number of anilines is 3. The van der Waals surface area contributed by atoms with Crippen molar-refractivity contribution in [1.82, 2.24) is 14.9 Å². The van der Waals surface area contributed by atoms with Gasteiger partial charge in [-0.1, -0.05) is 51.1 Å². The van der Waals surface area contributed by atoms with Crippen LogP contribution in [0, 0.1) is 5.41 Å². The predicted octanol–water partition coefficient (Wildman–Crippen LogP) is 6.01. The van der Waals surface area contributed by atoms with E-state index in [-0.39, 0.29) is 16.9 Å². The molecule has 0 unspecified atom stereocenters. The third-order valence-corrected chi connectivity index (χ3v) is 5.84. The molecule has 35 heavy (non-hydrogen) atoms. The fourth-order valence-electron chi connectivity index (χ4n) is 4.86. The molecule has 2 aromatic carbocycles. The van der Waals surface area contributed by atoms with Gasteiger partial charge in [0.15, 0.2) is 0 Å². The van der Waals surface area contributed by atoms with Gasteiger partial charge in [0.2, 0.25) is 5.95 Å². The minimum atomic E-state index is -0.232. The van der Waals surface area contributed by atoms with E-state index in [0.717, 1.165) is 17.9 Å². The molecule has 7 heteroatoms. The molecule has 1 aliphatic heterocycles. The second-order valence-electron chi connectivity index (χ2n) is 11.0. The number of methoxy groups -OCH3 is 1. The molecule has 1 aliphatic rings. The van der Waals surface area contributed by atoms with E-state index in [2.05, 4.69) is 62.4 Å². The Morgan fingerprint density at radius 1 is 0.971 bits per heavy atom. The lowest BCUT2D eigenvalue weighted by atomic mass is 9.82. The largest absolute Gasteiger partial charge is 0.497 e. The summed E-state index contributed by atoms with van der Waals surface area (Å²) in [5.74, 6) is 1.57. The Bertz CT molecular complexity index is 1190. The van der Waals surface area contributed by atoms with Gasteiger partial charge in [-0.15, -0.1) is 0 Å². The van der Waals surface area contributed by atoms with Gasteiger partial charge >= 0.3 is 0 Å². The van der Waals surface area contributed by atoms with Crippen molar-refractivity contribution in [3.05, 3.63) is 71.4 Å². The van der Waals surface area contributed by atoms with Crippen LogP contribution in [0.25, 0.3) is 0 Å². The van der Waals surface area contributed by atoms with Crippen LogP contribution >= 0.6 is 0 Å². The molecule has 0 radical (unpaired) electrons. The van der Waals surface area contributed by atoms with Gasteiger partial charge in [-0.3, -0.25) is 4.79 Å². The van der Waals surface area contributed by atoms with E-state index in [0.29, 0.717) is 30.5 Å². The second kappa shape index (κ2) is 9.56. The number of ether oxygens (including phenoxy) is 1. The van der Waals surface area contributed by atoms with Gasteiger partial charge in [-0.05, 0) is 48.9 Å². The lowest BCUT2D eigenvalue weighted by Crippen LogP contribution is -2.36. The smallest absolute Gasteiger partial charge is 0.273 e. The number of hydrogen-bond donors (Lipinski definition) is 2. The van der Waals surface area contributed by atoms with E-state index < -0.39 is 0 Å². The minimum Gasteiger partial charge on any atom is -0.497 e. The molecule has 1 aromatic heterocycles. The van der Waals surface area contributed by atoms with Crippen molar-refractivity contribution in [2.75, 3.05) is 17.7 Å². The summed E-state index contributed by atoms with van der Waals surface area (Å²) >= 11 is 0. The zero-order valence-electron chi connectivity index (χ0n) is 21.5. The molecule has 2 N–H and O–H groups in total. The van der Waals surface area contributed by atoms with Gasteiger partial charge in [0.25, 0.3) is 5.91 Å². The minimum absolute atomic E-state index is 0.117. The van der Waals surface area contributed by atoms with Crippen molar-refractivity contribution in [1.29, 1.82) is 0 Å². The third kappa shape index (κ3) is 6.29. The molecule has 0 spiro atoms. The van der Waals surface area contributed by atoms with E-state index in [1.165, 1.54) is 11.1 Å². The van der Waals surface area contributed by atoms with Gasteiger partial charge < -0.3 is 20.3 Å². The lowest BCUT2D eigenvalue weighted by molar-refractivity contribution is 0.0745. The highest BCUT2D eigenvalue weighted by Gasteiger charge is 2.28. The summed E-state index contributed by atoms with van der Waals surface area (Å²) in [7, 11) is 1.63. The fraction of sp³-hybridized carbons (Fsp3) is 0.393. The molecule has 0 bridgehead atoms. The molecule has 0 fully saturated rings. The van der Waals surface area contributed by atoms with Crippen molar-refractivity contribution >= 4 is 23.4 Å². The molecular formula is C28H35N5O2. The number of nitrogens with zero attached hydrogens (tertiary/aromatic N) is 3. The van der Waals surface area contributed by atoms with Crippen LogP contribution in [-0.2, 0) is 13.1 Å². The lowest BCUT2D eigenvalue weighted by Gasteiger charge is -2.34. The number of hydrogen-bond acceptors (Lipinski definition) is 6. The maximum Gasteiger partial charge on any atom is 0.273 e. The van der Waals surface area contributed by atoms with Crippen molar-refractivity contribution in [3.63, 3.8) is 0 Å². The average molecular weight is 474 g/mol. The monoisotopic (exact) mass is 473 g/mol. The first kappa shape index (κ1) is 24.5. The summed E-state index contributed by atoms with van der Waals surface area (Å²) in [5, 5.41) is 6.78. The zero-order valence-corrected chi connectivity index (χ0v) is 21.5. The number of aromatic nitrogens is 2. The third-order valence-electron chi connectivity index (χ3n) is 5.84. The number of carbonyl (C=O) groups excluding carboxylic acids is 1. The van der Waals surface area contributed by atoms with Crippen LogP contribution in [0.15, 0.2) is 54.6 Å². The summed E-state index contributed by atoms with van der Waals surface area (Å²) in [4.78, 5) is 24.7. The van der Waals surface area contributed by atoms with Gasteiger partial charge in [-0.25, -0.2) is 4.98 Å². The number of benzene rings is 2. The highest BCUT2D eigenvalue weighted by molar-refractivity contribution is 5.93. The Labute approximate surface area is 207 Å². The van der Waals surface area contributed by atoms with Gasteiger partial charge in [-0.2, -0.15) is 4.98 Å². The summed E-state index contributed by atoms with van der Waals surface area (Å²) in [5.41, 5.74) is 3.38. The first-order valence-corrected chi connectivity index (χ1v) is 12.0. The molecule has 3 aromatic rings. The Morgan fingerprint density at radius 3 is 2.29 bits per heavy atom. The number of rotatable bonds is 7. The highest BCUT2D eigenvalue weighted by Crippen LogP contribution is 2.31. The summed E-state index contributed by atoms with van der Waals surface area (Å²) in [6.07, 6.45) is 0.924. The fourth-order valence-corrected chi connectivity index (χ4v) is 4.86. The first-order chi connectivity index (χ1) is 16.5. The molecule has 0 aliphatic carbocycles. The van der Waals surface area contributed by atoms with Crippen molar-refractivity contribution < 1.29 is 9.53 Å². The first-order valence-electron chi connectivity index (χ1n) is 12.0. The maximum atomic E-state index is 13.5. The topological polar surface area (TPSA) is 79.4 Å². The van der Waals surface area contributed by atoms with Crippen LogP contribution < -0.4 is 15.4 Å². The Balaban J connectivity index is 1.65. The molecule has 0 saturated carbocycles. The molecule has 4 rings (SSSR count). The molecule has 184 valence electrons. The van der Waals surface area contributed by atoms with Gasteiger partial charge in [0, 0.05) is 36.4 Å². The van der Waals surface area contributed by atoms with Crippen molar-refractivity contribution in [2.45, 2.75) is 59.7 Å². The summed E-state index contributed by atoms with van der Waals surface area (Å²) in [6, 6.07) is 17.5. The number of carbonyl (C=O) groups is 1. The normalized spacial score (nSPS) is 13.4. The maximum absolute atomic E-state index is 13.5. The van der Waals surface area contributed by atoms with E-state index in [1.54, 1.807) is 13.2 Å². The van der Waals surface area contributed by atoms with E-state index in [9.17, 15) is 4.79 Å². The zero-order chi connectivity index (χ0) is 25.2. The SMILES string of the molecule is COc1cccc(Nc2nc(NC(C)(C)CC(C)(C)C)cc(C(=O)N3Cc4ccccc4C3)n2)c1. The van der Waals surface area contributed by atoms with E-state index in [4.69, 9.17) is 9.72 Å². The second-order valence-corrected chi connectivity index (χ2v) is 11.0. The predicted molar refractivity (Wildman–Crippen MR) is 140 cm³/mol. The van der Waals surface area contributed by atoms with Gasteiger partial charge in [0.1, 0.15) is 17.3 Å². The Kier molecular flexibility index (Phi) is 6.70. The molecule has 1 amide bonds. The quantitative estimate of drug-likeness (QED) is 0.437. The molecular weight excluding hydrogens is 438 g/mol. The van der Waals surface area contributed by atoms with Crippen LogP contribution in [0.1, 0.15) is 62.7 Å². The standard InChI is InChI=1S/C28H35N5O2/c1-27(2,3)18-28(4,5)32-24-15-23(25(34)33-16-19-10-7-8-11-20(19)17-33)30-26(31-24)29-21-12-9-13-22(14-21)35-6/h7-15H,16-18H2,1-6H3,(H2,29,30,31,32). The number of nitrogens with one attached hydrogen (secondary N) is 2. The van der Waals surface area contributed by atoms with Crippen LogP contribution in [0.3, 0.4) is 0 Å². The van der Waals surface area contributed by atoms with E-state index in [1.807, 2.05) is 41.3 Å². The number of amides is 1. The Hall–Kier alpha value is -3.61. The van der Waals surface area contributed by atoms with Crippen LogP contribution in [0.5, 0.6) is 5.75 Å². The average Bonchev–Trinajstić information content (AvgIpc) is 3.21. The van der Waals surface area contributed by atoms with E-state index >= 15 is 0 Å². The molecule has 7 nitrogen and oxygen atoms in total. The summed E-state index contributed by atoms with van der Waals surface area (Å²) < 4.78 is 5.33. The summed E-state index contributed by atoms with van der Waals surface area (Å²) in [6.45, 7) is 12.1. The highest BCUT2D eigenvalue weighted by atomic mass is 16.5. The van der Waals surface area contributed by atoms with Crippen molar-refractivity contribution in [2.24, 2.45) is 5.41 Å². The van der Waals surface area contributed by atoms with Crippen LogP contribution in [0.2, 0.25) is 0 Å². The Morgan fingerprint density at radius 2 is 1.66 bits per heavy atom. The van der Waals surface area contributed by atoms with Crippen molar-refractivity contribution in [3.8, 4) is 5.75 Å². The molecule has 2 heterocycles. The van der Waals surface area contributed by atoms with Gasteiger partial charge in [0.05, 0.1) is 7.11 Å². The van der Waals surface area contributed by atoms with Crippen LogP contribution in [0.4, 0.5) is 17.5 Å². The molecule has 0 saturated heterocycles. The number of fused-ring (bicyclic) bond motifs is 1. The molecule has 0 atom stereocenters.